The van der Waals surface area contributed by atoms with E-state index in [1.807, 2.05) is 0 Å². The van der Waals surface area contributed by atoms with Crippen LogP contribution in [0.5, 0.6) is 5.75 Å². The number of benzene rings is 3. The summed E-state index contributed by atoms with van der Waals surface area (Å²) in [5.41, 5.74) is -0.289. The lowest BCUT2D eigenvalue weighted by Gasteiger charge is -2.35. The standard InChI is InChI=1S/C31H27Cl2F2N3O5/c1-43-23-10-14(29(40)41)5-8-21(23)36-28(39)27-25(18-3-2-4-20(33)26(18)35)31(24(38-27)11-15-9-16(15)13-34)19-7-6-17(32)12-22(19)37-30(31)42/h2-8,10,12,15-16,24-25,27,38H,9,11,13H2,1H3,(H,36,39)(H,37,42)(H,40,41). The SMILES string of the molecule is COc1cc(C(=O)O)ccc1NC(=O)C1NC(CC2CC2CF)C2(C(=O)Nc3cc(Cl)ccc32)C1c1cccc(Cl)c1F. The molecule has 6 atom stereocenters. The summed E-state index contributed by atoms with van der Waals surface area (Å²) >= 11 is 12.5. The highest BCUT2D eigenvalue weighted by atomic mass is 35.5. The van der Waals surface area contributed by atoms with Crippen LogP contribution in [0.2, 0.25) is 10.0 Å². The number of ether oxygens (including phenoxy) is 1. The normalized spacial score (nSPS) is 27.1. The number of carboxylic acid groups (broad SMARTS) is 1. The van der Waals surface area contributed by atoms with Gasteiger partial charge in [0.15, 0.2) is 0 Å². The number of methoxy groups -OCH3 is 1. The second kappa shape index (κ2) is 11.1. The highest BCUT2D eigenvalue weighted by Crippen LogP contribution is 2.58. The van der Waals surface area contributed by atoms with Gasteiger partial charge in [-0.1, -0.05) is 41.4 Å². The Hall–Kier alpha value is -3.73. The lowest BCUT2D eigenvalue weighted by atomic mass is 9.63. The second-order valence-corrected chi connectivity index (χ2v) is 12.0. The zero-order valence-corrected chi connectivity index (χ0v) is 24.3. The molecule has 3 aromatic carbocycles. The fourth-order valence-corrected chi connectivity index (χ4v) is 7.16. The van der Waals surface area contributed by atoms with Crippen LogP contribution in [0.1, 0.15) is 40.2 Å². The van der Waals surface area contributed by atoms with Gasteiger partial charge in [0.1, 0.15) is 17.0 Å². The molecule has 2 aliphatic heterocycles. The first kappa shape index (κ1) is 29.3. The molecule has 0 aromatic heterocycles. The van der Waals surface area contributed by atoms with Gasteiger partial charge in [0.2, 0.25) is 11.8 Å². The monoisotopic (exact) mass is 629 g/mol. The van der Waals surface area contributed by atoms with Crippen molar-refractivity contribution in [1.29, 1.82) is 0 Å². The molecular formula is C31H27Cl2F2N3O5. The van der Waals surface area contributed by atoms with E-state index >= 15 is 4.39 Å². The van der Waals surface area contributed by atoms with Crippen molar-refractivity contribution in [1.82, 2.24) is 5.32 Å². The molecule has 0 radical (unpaired) electrons. The number of halogens is 4. The minimum atomic E-state index is -1.48. The zero-order chi connectivity index (χ0) is 30.6. The number of hydrogen-bond donors (Lipinski definition) is 4. The Morgan fingerprint density at radius 1 is 1.14 bits per heavy atom. The quantitative estimate of drug-likeness (QED) is 0.251. The molecule has 1 saturated carbocycles. The Morgan fingerprint density at radius 2 is 1.93 bits per heavy atom. The second-order valence-electron chi connectivity index (χ2n) is 11.2. The van der Waals surface area contributed by atoms with Crippen molar-refractivity contribution in [2.75, 3.05) is 24.4 Å². The van der Waals surface area contributed by atoms with Crippen molar-refractivity contribution in [2.45, 2.75) is 36.3 Å². The summed E-state index contributed by atoms with van der Waals surface area (Å²) < 4.78 is 34.8. The summed E-state index contributed by atoms with van der Waals surface area (Å²) in [6, 6.07) is 11.5. The van der Waals surface area contributed by atoms with Crippen LogP contribution in [0.3, 0.4) is 0 Å². The van der Waals surface area contributed by atoms with E-state index in [1.165, 1.54) is 37.4 Å². The summed E-state index contributed by atoms with van der Waals surface area (Å²) in [5, 5.41) is 18.6. The first-order valence-electron chi connectivity index (χ1n) is 13.7. The molecule has 2 fully saturated rings. The molecular weight excluding hydrogens is 603 g/mol. The predicted octanol–water partition coefficient (Wildman–Crippen LogP) is 5.79. The van der Waals surface area contributed by atoms with Gasteiger partial charge in [-0.3, -0.25) is 14.0 Å². The molecule has 43 heavy (non-hydrogen) atoms. The first-order valence-corrected chi connectivity index (χ1v) is 14.4. The number of hydrogen-bond acceptors (Lipinski definition) is 5. The number of fused-ring (bicyclic) bond motifs is 2. The number of carbonyl (C=O) groups excluding carboxylic acids is 2. The molecule has 224 valence electrons. The summed E-state index contributed by atoms with van der Waals surface area (Å²) in [5.74, 6) is -4.16. The molecule has 0 bridgehead atoms. The van der Waals surface area contributed by atoms with Gasteiger partial charge in [-0.05, 0) is 72.2 Å². The Labute approximate surface area is 255 Å². The number of aromatic carboxylic acids is 1. The summed E-state index contributed by atoms with van der Waals surface area (Å²) in [6.07, 6.45) is 1.00. The van der Waals surface area contributed by atoms with Gasteiger partial charge < -0.3 is 25.8 Å². The third kappa shape index (κ3) is 4.81. The molecule has 1 spiro atoms. The molecule has 8 nitrogen and oxygen atoms in total. The van der Waals surface area contributed by atoms with Crippen molar-refractivity contribution in [2.24, 2.45) is 11.8 Å². The minimum absolute atomic E-state index is 0.0288. The zero-order valence-electron chi connectivity index (χ0n) is 22.8. The fourth-order valence-electron chi connectivity index (χ4n) is 6.80. The fraction of sp³-hybridized carbons (Fsp3) is 0.323. The Morgan fingerprint density at radius 3 is 2.63 bits per heavy atom. The van der Waals surface area contributed by atoms with Gasteiger partial charge in [-0.25, -0.2) is 9.18 Å². The van der Waals surface area contributed by atoms with Gasteiger partial charge in [-0.2, -0.15) is 0 Å². The third-order valence-corrected chi connectivity index (χ3v) is 9.44. The van der Waals surface area contributed by atoms with Crippen molar-refractivity contribution < 1.29 is 33.0 Å². The third-order valence-electron chi connectivity index (χ3n) is 8.92. The molecule has 1 aliphatic carbocycles. The highest BCUT2D eigenvalue weighted by molar-refractivity contribution is 6.31. The van der Waals surface area contributed by atoms with Crippen LogP contribution in [0.25, 0.3) is 0 Å². The Kier molecular flexibility index (Phi) is 7.56. The molecule has 2 heterocycles. The van der Waals surface area contributed by atoms with E-state index in [1.54, 1.807) is 24.3 Å². The summed E-state index contributed by atoms with van der Waals surface area (Å²) in [7, 11) is 1.33. The van der Waals surface area contributed by atoms with Gasteiger partial charge in [0, 0.05) is 22.7 Å². The van der Waals surface area contributed by atoms with Crippen LogP contribution < -0.4 is 20.7 Å². The number of alkyl halides is 1. The van der Waals surface area contributed by atoms with Crippen LogP contribution in [0, 0.1) is 17.7 Å². The minimum Gasteiger partial charge on any atom is -0.495 e. The largest absolute Gasteiger partial charge is 0.495 e. The van der Waals surface area contributed by atoms with Gasteiger partial charge in [0.25, 0.3) is 0 Å². The van der Waals surface area contributed by atoms with E-state index in [0.29, 0.717) is 29.1 Å². The number of anilines is 2. The topological polar surface area (TPSA) is 117 Å². The lowest BCUT2D eigenvalue weighted by molar-refractivity contribution is -0.122. The summed E-state index contributed by atoms with van der Waals surface area (Å²) in [6.45, 7) is -0.495. The van der Waals surface area contributed by atoms with E-state index < -0.39 is 53.7 Å². The summed E-state index contributed by atoms with van der Waals surface area (Å²) in [4.78, 5) is 39.8. The molecule has 6 unspecified atom stereocenters. The predicted molar refractivity (Wildman–Crippen MR) is 157 cm³/mol. The van der Waals surface area contributed by atoms with E-state index in [0.717, 1.165) is 0 Å². The molecule has 4 N–H and O–H groups in total. The molecule has 3 aliphatic rings. The van der Waals surface area contributed by atoms with Gasteiger partial charge in [-0.15, -0.1) is 0 Å². The van der Waals surface area contributed by atoms with E-state index in [2.05, 4.69) is 16.0 Å². The van der Waals surface area contributed by atoms with Crippen molar-refractivity contribution in [3.63, 3.8) is 0 Å². The average Bonchev–Trinajstić information content (AvgIpc) is 3.57. The maximum absolute atomic E-state index is 15.9. The first-order chi connectivity index (χ1) is 20.6. The molecule has 3 aromatic rings. The van der Waals surface area contributed by atoms with E-state index in [9.17, 15) is 23.9 Å². The van der Waals surface area contributed by atoms with Crippen molar-refractivity contribution in [3.05, 3.63) is 87.2 Å². The lowest BCUT2D eigenvalue weighted by Crippen LogP contribution is -2.48. The van der Waals surface area contributed by atoms with Crippen LogP contribution in [0.4, 0.5) is 20.2 Å². The number of carboxylic acids is 1. The molecule has 12 heteroatoms. The number of rotatable bonds is 8. The van der Waals surface area contributed by atoms with Crippen molar-refractivity contribution >= 4 is 52.4 Å². The van der Waals surface area contributed by atoms with E-state index in [-0.39, 0.29) is 39.4 Å². The average molecular weight is 630 g/mol. The van der Waals surface area contributed by atoms with Gasteiger partial charge >= 0.3 is 5.97 Å². The Bertz CT molecular complexity index is 1660. The van der Waals surface area contributed by atoms with Gasteiger partial charge in [0.05, 0.1) is 36.1 Å². The highest BCUT2D eigenvalue weighted by Gasteiger charge is 2.66. The smallest absolute Gasteiger partial charge is 0.335 e. The van der Waals surface area contributed by atoms with Crippen LogP contribution >= 0.6 is 23.2 Å². The van der Waals surface area contributed by atoms with Crippen LogP contribution in [0.15, 0.2) is 54.6 Å². The molecule has 1 saturated heterocycles. The number of amides is 2. The molecule has 6 rings (SSSR count). The maximum atomic E-state index is 15.9. The van der Waals surface area contributed by atoms with Crippen LogP contribution in [-0.2, 0) is 15.0 Å². The van der Waals surface area contributed by atoms with Crippen LogP contribution in [-0.4, -0.2) is 48.8 Å². The molecule has 2 amide bonds. The number of nitrogens with one attached hydrogen (secondary N) is 3. The van der Waals surface area contributed by atoms with Crippen molar-refractivity contribution in [3.8, 4) is 5.75 Å². The maximum Gasteiger partial charge on any atom is 0.335 e. The Balaban J connectivity index is 1.50. The number of carbonyl (C=O) groups is 3. The van der Waals surface area contributed by atoms with E-state index in [4.69, 9.17) is 27.9 Å².